The first kappa shape index (κ1) is 45.4. The Kier molecular flexibility index (Phi) is 15.6. The molecule has 5 N–H and O–H groups in total. The Hall–Kier alpha value is -1.01. The quantitative estimate of drug-likeness (QED) is 0.238. The van der Waals surface area contributed by atoms with Crippen LogP contribution in [0.4, 0.5) is 0 Å². The second-order valence-corrected chi connectivity index (χ2v) is 17.2. The van der Waals surface area contributed by atoms with Gasteiger partial charge in [0.1, 0.15) is 30.0 Å². The van der Waals surface area contributed by atoms with Gasteiger partial charge in [-0.25, -0.2) is 0 Å². The van der Waals surface area contributed by atoms with Gasteiger partial charge < -0.3 is 63.8 Å². The predicted octanol–water partition coefficient (Wildman–Crippen LogP) is 1.90. The average molecular weight is 749 g/mol. The van der Waals surface area contributed by atoms with E-state index in [1.54, 1.807) is 41.5 Å². The molecular formula is C38H72N2O12. The maximum atomic E-state index is 14.2. The maximum absolute atomic E-state index is 14.2. The Balaban J connectivity index is 2.17. The minimum atomic E-state index is -1.80. The molecule has 306 valence electrons. The third-order valence-corrected chi connectivity index (χ3v) is 12.2. The van der Waals surface area contributed by atoms with E-state index < -0.39 is 96.0 Å². The molecule has 0 aliphatic carbocycles. The molecule has 3 aliphatic heterocycles. The zero-order valence-corrected chi connectivity index (χ0v) is 34.2. The molecule has 0 aromatic rings. The van der Waals surface area contributed by atoms with Crippen molar-refractivity contribution in [2.75, 3.05) is 34.8 Å². The molecule has 3 rings (SSSR count). The summed E-state index contributed by atoms with van der Waals surface area (Å²) in [7, 11) is 7.12. The van der Waals surface area contributed by atoms with Gasteiger partial charge >= 0.3 is 5.97 Å². The molecule has 0 bridgehead atoms. The fraction of sp³-hybridized carbons (Fsp3) is 0.974. The number of rotatable bonds is 7. The van der Waals surface area contributed by atoms with Crippen molar-refractivity contribution in [2.45, 2.75) is 185 Å². The van der Waals surface area contributed by atoms with Gasteiger partial charge in [0.2, 0.25) is 0 Å². The van der Waals surface area contributed by atoms with Crippen LogP contribution in [0.3, 0.4) is 0 Å². The number of hydrogen-bond acceptors (Lipinski definition) is 14. The summed E-state index contributed by atoms with van der Waals surface area (Å²) in [4.78, 5) is 18.0. The molecule has 0 radical (unpaired) electrons. The summed E-state index contributed by atoms with van der Waals surface area (Å²) < 4.78 is 37.5. The maximum Gasteiger partial charge on any atom is 0.311 e. The number of cyclic esters (lactones) is 1. The summed E-state index contributed by atoms with van der Waals surface area (Å²) in [6.07, 6.45) is -8.19. The summed E-state index contributed by atoms with van der Waals surface area (Å²) in [6, 6.07) is -0.808. The van der Waals surface area contributed by atoms with Crippen molar-refractivity contribution in [2.24, 2.45) is 17.8 Å². The van der Waals surface area contributed by atoms with Gasteiger partial charge in [-0.3, -0.25) is 4.79 Å². The van der Waals surface area contributed by atoms with Crippen molar-refractivity contribution >= 4 is 5.97 Å². The van der Waals surface area contributed by atoms with Crippen molar-refractivity contribution in [1.82, 2.24) is 9.80 Å². The van der Waals surface area contributed by atoms with Crippen LogP contribution < -0.4 is 0 Å². The number of likely N-dealkylation sites (N-methyl/N-ethyl adjacent to an activating group) is 2. The van der Waals surface area contributed by atoms with Crippen LogP contribution in [0.25, 0.3) is 0 Å². The van der Waals surface area contributed by atoms with Gasteiger partial charge in [0.05, 0.1) is 41.5 Å². The summed E-state index contributed by atoms with van der Waals surface area (Å²) in [5.41, 5.74) is -4.37. The van der Waals surface area contributed by atoms with E-state index in [0.29, 0.717) is 13.0 Å². The van der Waals surface area contributed by atoms with Crippen molar-refractivity contribution in [1.29, 1.82) is 0 Å². The van der Waals surface area contributed by atoms with Gasteiger partial charge in [-0.05, 0) is 94.8 Å². The van der Waals surface area contributed by atoms with Gasteiger partial charge in [-0.1, -0.05) is 20.8 Å². The van der Waals surface area contributed by atoms with Crippen LogP contribution in [0.15, 0.2) is 0 Å². The van der Waals surface area contributed by atoms with E-state index in [0.717, 1.165) is 0 Å². The van der Waals surface area contributed by atoms with E-state index in [4.69, 9.17) is 28.4 Å². The molecule has 52 heavy (non-hydrogen) atoms. The normalized spacial score (nSPS) is 49.6. The Morgan fingerprint density at radius 2 is 1.56 bits per heavy atom. The molecule has 14 nitrogen and oxygen atoms in total. The molecule has 4 unspecified atom stereocenters. The lowest BCUT2D eigenvalue weighted by molar-refractivity contribution is -0.318. The van der Waals surface area contributed by atoms with Gasteiger partial charge in [-0.15, -0.1) is 0 Å². The molecule has 3 saturated heterocycles. The number of carbonyl (C=O) groups is 1. The second-order valence-electron chi connectivity index (χ2n) is 17.2. The Morgan fingerprint density at radius 1 is 0.942 bits per heavy atom. The topological polar surface area (TPSA) is 180 Å². The molecular weight excluding hydrogens is 676 g/mol. The number of esters is 1. The molecule has 3 fully saturated rings. The standard InChI is InChI=1S/C38H72N2O12/c1-15-27-38(10,46)31(42)24(6)40(13)19-20(2)17-36(8,45)33(52-35-29(41)26(39(11)12)16-21(3)48-35)22(4)30(23(5)34(44)50-27)51-28-18-37(9,47-14)32(43)25(7)49-28/h20-33,35,41-43,45-46H,15-19H2,1-14H3/t20-,21?,22+,23-,24-,25-,26?,27-,28+,29?,30+,31-,32+,33-,35+,36-,37?,38-/m1/s1. The number of aliphatic hydroxyl groups is 5. The molecule has 3 heterocycles. The van der Waals surface area contributed by atoms with E-state index in [1.807, 2.05) is 51.7 Å². The second kappa shape index (κ2) is 17.8. The smallest absolute Gasteiger partial charge is 0.311 e. The SMILES string of the molecule is CC[C@H]1OC(=O)[C@H](C)[C@@H](O[C@H]2CC(C)(OC)[C@@H](O)[C@@H](C)O2)[C@H](C)[C@@H](O[C@@H]2OC(C)CC(N(C)C)C2O)[C@](C)(O)C[C@@H](C)CN(C)[C@H](C)[C@@H](O)[C@]1(C)O. The summed E-state index contributed by atoms with van der Waals surface area (Å²) in [5, 5.41) is 58.1. The van der Waals surface area contributed by atoms with Gasteiger partial charge in [0.25, 0.3) is 0 Å². The fourth-order valence-electron chi connectivity index (χ4n) is 8.74. The number of methoxy groups -OCH3 is 1. The minimum Gasteiger partial charge on any atom is -0.459 e. The van der Waals surface area contributed by atoms with Crippen LogP contribution in [-0.4, -0.2) is 166 Å². The molecule has 18 atom stereocenters. The lowest BCUT2D eigenvalue weighted by atomic mass is 9.77. The summed E-state index contributed by atoms with van der Waals surface area (Å²) in [5.74, 6) is -2.58. The first-order valence-electron chi connectivity index (χ1n) is 19.1. The number of carbonyl (C=O) groups excluding carboxylic acids is 1. The van der Waals surface area contributed by atoms with Crippen LogP contribution in [-0.2, 0) is 33.2 Å². The molecule has 14 heteroatoms. The number of hydrogen-bond donors (Lipinski definition) is 5. The first-order valence-corrected chi connectivity index (χ1v) is 19.1. The molecule has 0 aromatic carbocycles. The van der Waals surface area contributed by atoms with Crippen LogP contribution in [0.1, 0.15) is 94.9 Å². The lowest BCUT2D eigenvalue weighted by Crippen LogP contribution is -2.60. The van der Waals surface area contributed by atoms with E-state index in [-0.39, 0.29) is 37.3 Å². The highest BCUT2D eigenvalue weighted by Gasteiger charge is 2.52. The van der Waals surface area contributed by atoms with E-state index in [2.05, 4.69) is 0 Å². The van der Waals surface area contributed by atoms with E-state index in [9.17, 15) is 30.3 Å². The molecule has 3 aliphatic rings. The van der Waals surface area contributed by atoms with E-state index >= 15 is 0 Å². The zero-order valence-electron chi connectivity index (χ0n) is 34.2. The summed E-state index contributed by atoms with van der Waals surface area (Å²) in [6.45, 7) is 18.0. The van der Waals surface area contributed by atoms with Crippen LogP contribution in [0.5, 0.6) is 0 Å². The van der Waals surface area contributed by atoms with Gasteiger partial charge in [0, 0.05) is 38.1 Å². The number of nitrogens with zero attached hydrogens (tertiary/aromatic N) is 2. The highest BCUT2D eigenvalue weighted by molar-refractivity contribution is 5.73. The molecule has 0 saturated carbocycles. The lowest BCUT2D eigenvalue weighted by Gasteiger charge is -2.48. The molecule has 0 spiro atoms. The Labute approximate surface area is 312 Å². The monoisotopic (exact) mass is 749 g/mol. The number of aliphatic hydroxyl groups excluding tert-OH is 3. The molecule has 0 amide bonds. The van der Waals surface area contributed by atoms with Gasteiger partial charge in [-0.2, -0.15) is 0 Å². The molecule has 0 aromatic heterocycles. The third kappa shape index (κ3) is 10.0. The fourth-order valence-corrected chi connectivity index (χ4v) is 8.74. The zero-order chi connectivity index (χ0) is 39.7. The van der Waals surface area contributed by atoms with Crippen molar-refractivity contribution in [3.63, 3.8) is 0 Å². The predicted molar refractivity (Wildman–Crippen MR) is 194 cm³/mol. The van der Waals surface area contributed by atoms with Crippen LogP contribution >= 0.6 is 0 Å². The number of ether oxygens (including phenoxy) is 6. The van der Waals surface area contributed by atoms with E-state index in [1.165, 1.54) is 14.0 Å². The Morgan fingerprint density at radius 3 is 2.12 bits per heavy atom. The Bertz CT molecular complexity index is 1140. The highest BCUT2D eigenvalue weighted by atomic mass is 16.7. The first-order chi connectivity index (χ1) is 23.9. The van der Waals surface area contributed by atoms with Crippen molar-refractivity contribution in [3.05, 3.63) is 0 Å². The minimum absolute atomic E-state index is 0.133. The summed E-state index contributed by atoms with van der Waals surface area (Å²) >= 11 is 0. The average Bonchev–Trinajstić information content (AvgIpc) is 3.05. The third-order valence-electron chi connectivity index (χ3n) is 12.2. The van der Waals surface area contributed by atoms with Gasteiger partial charge in [0.15, 0.2) is 12.6 Å². The van der Waals surface area contributed by atoms with Crippen molar-refractivity contribution < 1.29 is 58.7 Å². The van der Waals surface area contributed by atoms with Crippen LogP contribution in [0, 0.1) is 17.8 Å². The van der Waals surface area contributed by atoms with Crippen LogP contribution in [0.2, 0.25) is 0 Å². The largest absolute Gasteiger partial charge is 0.459 e. The van der Waals surface area contributed by atoms with Crippen molar-refractivity contribution in [3.8, 4) is 0 Å². The highest BCUT2D eigenvalue weighted by Crippen LogP contribution is 2.40.